The van der Waals surface area contributed by atoms with Crippen molar-refractivity contribution >= 4 is 46.9 Å². The monoisotopic (exact) mass is 510 g/mol. The third kappa shape index (κ3) is 5.75. The molecule has 0 bridgehead atoms. The summed E-state index contributed by atoms with van der Waals surface area (Å²) in [6.45, 7) is 0.292. The van der Waals surface area contributed by atoms with Crippen molar-refractivity contribution in [1.29, 1.82) is 0 Å². The van der Waals surface area contributed by atoms with Crippen molar-refractivity contribution in [2.75, 3.05) is 6.54 Å². The van der Waals surface area contributed by atoms with Crippen LogP contribution in [0.2, 0.25) is 10.0 Å². The number of benzene rings is 2. The predicted octanol–water partition coefficient (Wildman–Crippen LogP) is 4.86. The molecule has 1 atom stereocenters. The Morgan fingerprint density at radius 2 is 1.74 bits per heavy atom. The van der Waals surface area contributed by atoms with Crippen LogP contribution in [-0.2, 0) is 0 Å². The molecule has 0 aliphatic carbocycles. The minimum absolute atomic E-state index is 0.199. The highest BCUT2D eigenvalue weighted by molar-refractivity contribution is 6.35. The Kier molecular flexibility index (Phi) is 6.63. The van der Waals surface area contributed by atoms with E-state index in [0.29, 0.717) is 34.3 Å². The van der Waals surface area contributed by atoms with E-state index in [0.717, 1.165) is 12.1 Å². The van der Waals surface area contributed by atoms with Crippen LogP contribution >= 0.6 is 23.2 Å². The summed E-state index contributed by atoms with van der Waals surface area (Å²) in [6, 6.07) is 9.12. The molecule has 2 aliphatic rings. The molecule has 2 amide bonds. The average molecular weight is 511 g/mol. The molecule has 4 rings (SSSR count). The summed E-state index contributed by atoms with van der Waals surface area (Å²) in [6.07, 6.45) is -2.20. The van der Waals surface area contributed by atoms with Crippen molar-refractivity contribution in [3.63, 3.8) is 0 Å². The third-order valence-electron chi connectivity index (χ3n) is 4.83. The number of nitrogens with zero attached hydrogens (tertiary/aromatic N) is 3. The van der Waals surface area contributed by atoms with Crippen LogP contribution in [0.25, 0.3) is 0 Å². The fourth-order valence-corrected chi connectivity index (χ4v) is 3.86. The van der Waals surface area contributed by atoms with Gasteiger partial charge in [-0.25, -0.2) is 9.98 Å². The lowest BCUT2D eigenvalue weighted by Crippen LogP contribution is -2.38. The van der Waals surface area contributed by atoms with Crippen molar-refractivity contribution in [1.82, 2.24) is 10.2 Å². The van der Waals surface area contributed by atoms with Crippen LogP contribution in [0.3, 0.4) is 0 Å². The Labute approximate surface area is 201 Å². The van der Waals surface area contributed by atoms with Crippen LogP contribution in [0.5, 0.6) is 5.75 Å². The lowest BCUT2D eigenvalue weighted by Gasteiger charge is -2.27. The second-order valence-corrected chi connectivity index (χ2v) is 8.14. The first-order valence-electron chi connectivity index (χ1n) is 9.83. The van der Waals surface area contributed by atoms with Crippen LogP contribution in [0, 0.1) is 0 Å². The van der Waals surface area contributed by atoms with Crippen molar-refractivity contribution < 1.29 is 27.5 Å². The molecule has 1 unspecified atom stereocenters. The summed E-state index contributed by atoms with van der Waals surface area (Å²) in [4.78, 5) is 35.3. The summed E-state index contributed by atoms with van der Waals surface area (Å²) >= 11 is 11.9. The van der Waals surface area contributed by atoms with E-state index in [9.17, 15) is 22.8 Å². The van der Waals surface area contributed by atoms with Gasteiger partial charge in [0.05, 0.1) is 5.71 Å². The first kappa shape index (κ1) is 23.8. The highest BCUT2D eigenvalue weighted by atomic mass is 35.5. The van der Waals surface area contributed by atoms with Gasteiger partial charge in [-0.3, -0.25) is 9.59 Å². The van der Waals surface area contributed by atoms with Crippen LogP contribution in [0.1, 0.15) is 27.1 Å². The van der Waals surface area contributed by atoms with Gasteiger partial charge in [0.15, 0.2) is 0 Å². The summed E-state index contributed by atoms with van der Waals surface area (Å²) < 4.78 is 40.7. The summed E-state index contributed by atoms with van der Waals surface area (Å²) in [5.41, 5.74) is 1.71. The molecule has 2 aromatic rings. The number of hydrogen-bond acceptors (Lipinski definition) is 5. The van der Waals surface area contributed by atoms with Gasteiger partial charge >= 0.3 is 6.36 Å². The Morgan fingerprint density at radius 1 is 1.06 bits per heavy atom. The molecule has 2 aromatic carbocycles. The average Bonchev–Trinajstić information content (AvgIpc) is 2.77. The molecule has 176 valence electrons. The number of nitrogens with one attached hydrogen (secondary N) is 1. The molecule has 0 saturated carbocycles. The number of carbonyl (C=O) groups excluding carboxylic acids is 2. The molecular weight excluding hydrogens is 496 g/mol. The molecule has 0 spiro atoms. The predicted molar refractivity (Wildman–Crippen MR) is 121 cm³/mol. The quantitative estimate of drug-likeness (QED) is 0.637. The Morgan fingerprint density at radius 3 is 2.38 bits per heavy atom. The highest BCUT2D eigenvalue weighted by Crippen LogP contribution is 2.24. The molecule has 0 radical (unpaired) electrons. The normalized spacial score (nSPS) is 17.4. The summed E-state index contributed by atoms with van der Waals surface area (Å²) in [7, 11) is 0. The zero-order chi connectivity index (χ0) is 24.5. The van der Waals surface area contributed by atoms with Gasteiger partial charge in [-0.05, 0) is 42.5 Å². The van der Waals surface area contributed by atoms with Gasteiger partial charge in [0.2, 0.25) is 6.29 Å². The number of hydrogen-bond donors (Lipinski definition) is 1. The topological polar surface area (TPSA) is 83.4 Å². The van der Waals surface area contributed by atoms with E-state index >= 15 is 0 Å². The minimum Gasteiger partial charge on any atom is -0.406 e. The summed E-state index contributed by atoms with van der Waals surface area (Å²) in [5, 5.41) is 3.30. The molecule has 12 heteroatoms. The van der Waals surface area contributed by atoms with E-state index in [1.807, 2.05) is 0 Å². The molecular formula is C22H15Cl2F3N4O3. The maximum atomic E-state index is 12.7. The van der Waals surface area contributed by atoms with Crippen molar-refractivity contribution in [3.05, 3.63) is 75.4 Å². The largest absolute Gasteiger partial charge is 0.573 e. The first-order valence-corrected chi connectivity index (χ1v) is 10.6. The molecule has 34 heavy (non-hydrogen) atoms. The molecule has 0 aromatic heterocycles. The molecule has 2 aliphatic heterocycles. The second-order valence-electron chi connectivity index (χ2n) is 7.26. The number of ether oxygens (including phenoxy) is 1. The number of aliphatic imine (C=N–C) groups is 2. The lowest BCUT2D eigenvalue weighted by molar-refractivity contribution is -0.274. The second kappa shape index (κ2) is 9.47. The van der Waals surface area contributed by atoms with E-state index in [-0.39, 0.29) is 11.1 Å². The smallest absolute Gasteiger partial charge is 0.406 e. The molecule has 0 fully saturated rings. The van der Waals surface area contributed by atoms with Crippen LogP contribution < -0.4 is 10.1 Å². The van der Waals surface area contributed by atoms with Gasteiger partial charge < -0.3 is 15.0 Å². The van der Waals surface area contributed by atoms with Crippen LogP contribution in [0.4, 0.5) is 13.2 Å². The molecule has 1 N–H and O–H groups in total. The van der Waals surface area contributed by atoms with Crippen molar-refractivity contribution in [2.45, 2.75) is 19.1 Å². The fourth-order valence-electron chi connectivity index (χ4n) is 3.34. The number of fused-ring (bicyclic) bond motifs is 1. The maximum absolute atomic E-state index is 12.7. The Balaban J connectivity index is 1.42. The van der Waals surface area contributed by atoms with Gasteiger partial charge in [-0.2, -0.15) is 0 Å². The summed E-state index contributed by atoms with van der Waals surface area (Å²) in [5.74, 6) is -1.26. The zero-order valence-corrected chi connectivity index (χ0v) is 18.7. The third-order valence-corrected chi connectivity index (χ3v) is 5.27. The van der Waals surface area contributed by atoms with Gasteiger partial charge in [0.1, 0.15) is 5.75 Å². The van der Waals surface area contributed by atoms with E-state index in [1.165, 1.54) is 41.4 Å². The number of halogens is 5. The number of amides is 2. The van der Waals surface area contributed by atoms with E-state index < -0.39 is 30.2 Å². The van der Waals surface area contributed by atoms with E-state index in [2.05, 4.69) is 20.0 Å². The number of rotatable bonds is 4. The number of alkyl halides is 3. The van der Waals surface area contributed by atoms with Crippen LogP contribution in [-0.4, -0.2) is 47.8 Å². The first-order chi connectivity index (χ1) is 16.1. The fraction of sp³-hybridized carbons (Fsp3) is 0.182. The van der Waals surface area contributed by atoms with Gasteiger partial charge in [0.25, 0.3) is 11.8 Å². The standard InChI is InChI=1S/C22H15Cl2F3N4O3/c23-15-7-13(8-16(24)9-15)19(32)30-21-28-10-14-11-31(6-5-18(14)29-21)20(33)12-1-3-17(4-2-12)34-22(25,26)27/h1-4,7-11,21H,5-6H2,(H,30,32). The zero-order valence-electron chi connectivity index (χ0n) is 17.1. The van der Waals surface area contributed by atoms with Crippen LogP contribution in [0.15, 0.2) is 64.2 Å². The lowest BCUT2D eigenvalue weighted by atomic mass is 10.0. The Hall–Kier alpha value is -3.37. The van der Waals surface area contributed by atoms with Crippen molar-refractivity contribution in [3.8, 4) is 5.75 Å². The van der Waals surface area contributed by atoms with Gasteiger partial charge in [-0.15, -0.1) is 13.2 Å². The molecule has 2 heterocycles. The molecule has 7 nitrogen and oxygen atoms in total. The van der Waals surface area contributed by atoms with E-state index in [1.54, 1.807) is 6.20 Å². The SMILES string of the molecule is O=C(NC1N=CC2=CN(C(=O)c3ccc(OC(F)(F)F)cc3)CCC2=N1)c1cc(Cl)cc(Cl)c1. The highest BCUT2D eigenvalue weighted by Gasteiger charge is 2.31. The van der Waals surface area contributed by atoms with Crippen molar-refractivity contribution in [2.24, 2.45) is 9.98 Å². The number of allylic oxidation sites excluding steroid dienone is 1. The van der Waals surface area contributed by atoms with E-state index in [4.69, 9.17) is 23.2 Å². The van der Waals surface area contributed by atoms with Gasteiger partial charge in [0, 0.05) is 52.1 Å². The minimum atomic E-state index is -4.81. The molecule has 0 saturated heterocycles. The van der Waals surface area contributed by atoms with Gasteiger partial charge in [-0.1, -0.05) is 23.2 Å². The number of carbonyl (C=O) groups is 2. The Bertz CT molecular complexity index is 1210. The maximum Gasteiger partial charge on any atom is 0.573 e.